The van der Waals surface area contributed by atoms with E-state index in [1.54, 1.807) is 0 Å². The van der Waals surface area contributed by atoms with Crippen LogP contribution in [-0.2, 0) is 9.59 Å². The smallest absolute Gasteiger partial charge is 0.329 e. The fraction of sp³-hybridized carbons (Fsp3) is 0.429. The van der Waals surface area contributed by atoms with Gasteiger partial charge in [-0.1, -0.05) is 0 Å². The Kier molecular flexibility index (Phi) is 4.11. The summed E-state index contributed by atoms with van der Waals surface area (Å²) in [7, 11) is 0. The van der Waals surface area contributed by atoms with Crippen LogP contribution in [0.1, 0.15) is 19.8 Å². The summed E-state index contributed by atoms with van der Waals surface area (Å²) in [5.41, 5.74) is -1.35. The Balaban J connectivity index is 1.94. The van der Waals surface area contributed by atoms with Crippen molar-refractivity contribution in [2.75, 3.05) is 6.61 Å². The standard InChI is InChI=1S/C14H15F2NO4/c1-14(13(19)20,8-2-3-8)17-12(18)7-21-11-5-4-9(15)6-10(11)16/h4-6,8H,2-3,7H2,1H3,(H,17,18)(H,19,20). The predicted octanol–water partition coefficient (Wildman–Crippen LogP) is 1.71. The van der Waals surface area contributed by atoms with Crippen molar-refractivity contribution in [3.05, 3.63) is 29.8 Å². The summed E-state index contributed by atoms with van der Waals surface area (Å²) in [4.78, 5) is 23.0. The Labute approximate surface area is 119 Å². The van der Waals surface area contributed by atoms with E-state index in [1.165, 1.54) is 6.92 Å². The number of carboxylic acid groups (broad SMARTS) is 1. The molecule has 2 rings (SSSR count). The minimum atomic E-state index is -1.35. The third-order valence-corrected chi connectivity index (χ3v) is 3.49. The first-order chi connectivity index (χ1) is 9.83. The zero-order valence-corrected chi connectivity index (χ0v) is 11.4. The molecule has 1 atom stereocenters. The van der Waals surface area contributed by atoms with Crippen molar-refractivity contribution in [2.45, 2.75) is 25.3 Å². The normalized spacial score (nSPS) is 16.9. The van der Waals surface area contributed by atoms with Gasteiger partial charge in [0, 0.05) is 6.07 Å². The van der Waals surface area contributed by atoms with Crippen LogP contribution in [0.15, 0.2) is 18.2 Å². The van der Waals surface area contributed by atoms with Crippen LogP contribution < -0.4 is 10.1 Å². The number of amides is 1. The second-order valence-electron chi connectivity index (χ2n) is 5.19. The lowest BCUT2D eigenvalue weighted by molar-refractivity contribution is -0.148. The number of hydrogen-bond donors (Lipinski definition) is 2. The molecular weight excluding hydrogens is 284 g/mol. The Hall–Kier alpha value is -2.18. The molecule has 7 heteroatoms. The fourth-order valence-electron chi connectivity index (χ4n) is 2.05. The topological polar surface area (TPSA) is 75.6 Å². The molecule has 1 aromatic rings. The van der Waals surface area contributed by atoms with Gasteiger partial charge >= 0.3 is 5.97 Å². The van der Waals surface area contributed by atoms with Crippen molar-refractivity contribution in [3.63, 3.8) is 0 Å². The molecule has 0 spiro atoms. The number of hydrogen-bond acceptors (Lipinski definition) is 3. The van der Waals surface area contributed by atoms with Crippen LogP contribution in [0.25, 0.3) is 0 Å². The van der Waals surface area contributed by atoms with Crippen LogP contribution in [0.4, 0.5) is 8.78 Å². The first kappa shape index (κ1) is 15.2. The maximum Gasteiger partial charge on any atom is 0.329 e. The summed E-state index contributed by atoms with van der Waals surface area (Å²) in [5, 5.41) is 11.6. The van der Waals surface area contributed by atoms with Gasteiger partial charge < -0.3 is 15.2 Å². The Morgan fingerprint density at radius 2 is 2.10 bits per heavy atom. The molecular formula is C14H15F2NO4. The van der Waals surface area contributed by atoms with E-state index in [9.17, 15) is 23.5 Å². The van der Waals surface area contributed by atoms with Gasteiger partial charge in [0.15, 0.2) is 18.2 Å². The third-order valence-electron chi connectivity index (χ3n) is 3.49. The van der Waals surface area contributed by atoms with Gasteiger partial charge in [-0.25, -0.2) is 13.6 Å². The second kappa shape index (κ2) is 5.67. The lowest BCUT2D eigenvalue weighted by atomic mass is 9.96. The van der Waals surface area contributed by atoms with Gasteiger partial charge in [0.25, 0.3) is 5.91 Å². The van der Waals surface area contributed by atoms with Crippen LogP contribution in [0.2, 0.25) is 0 Å². The van der Waals surface area contributed by atoms with Crippen LogP contribution in [0.3, 0.4) is 0 Å². The van der Waals surface area contributed by atoms with Crippen LogP contribution >= 0.6 is 0 Å². The summed E-state index contributed by atoms with van der Waals surface area (Å²) in [6, 6.07) is 2.70. The van der Waals surface area contributed by atoms with E-state index in [2.05, 4.69) is 5.32 Å². The molecule has 1 aromatic carbocycles. The Morgan fingerprint density at radius 3 is 2.62 bits per heavy atom. The van der Waals surface area contributed by atoms with Crippen molar-refractivity contribution in [1.29, 1.82) is 0 Å². The molecule has 114 valence electrons. The minimum Gasteiger partial charge on any atom is -0.481 e. The molecule has 1 aliphatic carbocycles. The van der Waals surface area contributed by atoms with E-state index in [0.29, 0.717) is 6.07 Å². The quantitative estimate of drug-likeness (QED) is 0.838. The average molecular weight is 299 g/mol. The number of carbonyl (C=O) groups is 2. The molecule has 1 fully saturated rings. The van der Waals surface area contributed by atoms with Crippen molar-refractivity contribution >= 4 is 11.9 Å². The molecule has 0 radical (unpaired) electrons. The molecule has 21 heavy (non-hydrogen) atoms. The predicted molar refractivity (Wildman–Crippen MR) is 68.8 cm³/mol. The zero-order valence-electron chi connectivity index (χ0n) is 11.4. The Morgan fingerprint density at radius 1 is 1.43 bits per heavy atom. The lowest BCUT2D eigenvalue weighted by Crippen LogP contribution is -2.55. The van der Waals surface area contributed by atoms with Crippen LogP contribution in [0.5, 0.6) is 5.75 Å². The monoisotopic (exact) mass is 299 g/mol. The van der Waals surface area contributed by atoms with E-state index in [4.69, 9.17) is 4.74 Å². The summed E-state index contributed by atoms with van der Waals surface area (Å²) in [6.45, 7) is 0.890. The number of carboxylic acids is 1. The molecule has 1 unspecified atom stereocenters. The summed E-state index contributed by atoms with van der Waals surface area (Å²) < 4.78 is 31.0. The average Bonchev–Trinajstić information content (AvgIpc) is 3.21. The number of aliphatic carboxylic acids is 1. The van der Waals surface area contributed by atoms with E-state index in [0.717, 1.165) is 25.0 Å². The van der Waals surface area contributed by atoms with E-state index in [1.807, 2.05) is 0 Å². The van der Waals surface area contributed by atoms with E-state index >= 15 is 0 Å². The molecule has 5 nitrogen and oxygen atoms in total. The Bertz CT molecular complexity index is 574. The van der Waals surface area contributed by atoms with Gasteiger partial charge in [0.1, 0.15) is 11.4 Å². The van der Waals surface area contributed by atoms with Crippen LogP contribution in [-0.4, -0.2) is 29.1 Å². The van der Waals surface area contributed by atoms with Gasteiger partial charge in [0.2, 0.25) is 0 Å². The van der Waals surface area contributed by atoms with Crippen molar-refractivity contribution in [3.8, 4) is 5.75 Å². The SMILES string of the molecule is CC(NC(=O)COc1ccc(F)cc1F)(C(=O)O)C1CC1. The van der Waals surface area contributed by atoms with Gasteiger partial charge in [-0.2, -0.15) is 0 Å². The number of carbonyl (C=O) groups excluding carboxylic acids is 1. The number of rotatable bonds is 6. The van der Waals surface area contributed by atoms with Crippen molar-refractivity contribution < 1.29 is 28.2 Å². The maximum absolute atomic E-state index is 13.3. The molecule has 1 saturated carbocycles. The molecule has 0 saturated heterocycles. The molecule has 0 heterocycles. The van der Waals surface area contributed by atoms with Gasteiger partial charge in [-0.05, 0) is 37.8 Å². The van der Waals surface area contributed by atoms with Crippen molar-refractivity contribution in [2.24, 2.45) is 5.92 Å². The third kappa shape index (κ3) is 3.48. The molecule has 0 bridgehead atoms. The molecule has 0 aliphatic heterocycles. The first-order valence-corrected chi connectivity index (χ1v) is 6.45. The van der Waals surface area contributed by atoms with Gasteiger partial charge in [0.05, 0.1) is 0 Å². The molecule has 2 N–H and O–H groups in total. The van der Waals surface area contributed by atoms with Gasteiger partial charge in [-0.15, -0.1) is 0 Å². The molecule has 1 amide bonds. The molecule has 1 aliphatic rings. The largest absolute Gasteiger partial charge is 0.481 e. The summed E-state index contributed by atoms with van der Waals surface area (Å²) in [6.07, 6.45) is 1.47. The minimum absolute atomic E-state index is 0.110. The highest BCUT2D eigenvalue weighted by atomic mass is 19.1. The number of benzene rings is 1. The second-order valence-corrected chi connectivity index (χ2v) is 5.19. The van der Waals surface area contributed by atoms with Crippen LogP contribution in [0, 0.1) is 17.6 Å². The first-order valence-electron chi connectivity index (χ1n) is 6.45. The fourth-order valence-corrected chi connectivity index (χ4v) is 2.05. The highest BCUT2D eigenvalue weighted by Gasteiger charge is 2.48. The molecule has 0 aromatic heterocycles. The number of halogens is 2. The number of ether oxygens (including phenoxy) is 1. The highest BCUT2D eigenvalue weighted by Crippen LogP contribution is 2.39. The van der Waals surface area contributed by atoms with E-state index < -0.39 is 35.7 Å². The van der Waals surface area contributed by atoms with Gasteiger partial charge in [-0.3, -0.25) is 4.79 Å². The van der Waals surface area contributed by atoms with Crippen molar-refractivity contribution in [1.82, 2.24) is 5.32 Å². The highest BCUT2D eigenvalue weighted by molar-refractivity contribution is 5.88. The maximum atomic E-state index is 13.3. The number of nitrogens with one attached hydrogen (secondary N) is 1. The lowest BCUT2D eigenvalue weighted by Gasteiger charge is -2.26. The zero-order chi connectivity index (χ0) is 15.6. The van der Waals surface area contributed by atoms with E-state index in [-0.39, 0.29) is 11.7 Å². The summed E-state index contributed by atoms with van der Waals surface area (Å²) in [5.74, 6) is -3.85. The summed E-state index contributed by atoms with van der Waals surface area (Å²) >= 11 is 0.